The van der Waals surface area contributed by atoms with Gasteiger partial charge in [0, 0.05) is 37.3 Å². The smallest absolute Gasteiger partial charge is 0.330 e. The Bertz CT molecular complexity index is 480. The summed E-state index contributed by atoms with van der Waals surface area (Å²) in [5.74, 6) is 0.516. The predicted molar refractivity (Wildman–Crippen MR) is 79.1 cm³/mol. The summed E-state index contributed by atoms with van der Waals surface area (Å²) < 4.78 is 10.9. The van der Waals surface area contributed by atoms with E-state index in [2.05, 4.69) is 24.8 Å². The molecule has 0 spiro atoms. The van der Waals surface area contributed by atoms with Crippen molar-refractivity contribution in [3.8, 4) is 5.75 Å². The van der Waals surface area contributed by atoms with Crippen LogP contribution < -0.4 is 9.64 Å². The zero-order valence-electron chi connectivity index (χ0n) is 12.0. The Morgan fingerprint density at radius 1 is 1.35 bits per heavy atom. The minimum absolute atomic E-state index is 0.190. The monoisotopic (exact) mass is 275 g/mol. The lowest BCUT2D eigenvalue weighted by Crippen LogP contribution is -2.26. The number of hydrogen-bond donors (Lipinski definition) is 0. The molecule has 1 aromatic rings. The molecule has 0 amide bonds. The van der Waals surface area contributed by atoms with Gasteiger partial charge in [0.05, 0.1) is 0 Å². The summed E-state index contributed by atoms with van der Waals surface area (Å²) in [7, 11) is 0. The second kappa shape index (κ2) is 6.98. The number of ether oxygens (including phenoxy) is 2. The Morgan fingerprint density at radius 2 is 2.15 bits per heavy atom. The fourth-order valence-electron chi connectivity index (χ4n) is 2.22. The van der Waals surface area contributed by atoms with E-state index < -0.39 is 0 Å². The SMILES string of the molecule is CCN(CC)c1cccc(OC[C@H]2CC=CC(=O)O2)c1. The molecular weight excluding hydrogens is 254 g/mol. The molecule has 0 bridgehead atoms. The van der Waals surface area contributed by atoms with E-state index in [1.165, 1.54) is 6.08 Å². The number of rotatable bonds is 6. The molecule has 0 aromatic heterocycles. The minimum Gasteiger partial charge on any atom is -0.490 e. The van der Waals surface area contributed by atoms with Crippen LogP contribution in [0.5, 0.6) is 5.75 Å². The summed E-state index contributed by atoms with van der Waals surface area (Å²) in [5, 5.41) is 0. The van der Waals surface area contributed by atoms with Crippen LogP contribution in [0.1, 0.15) is 20.3 Å². The molecular formula is C16H21NO3. The van der Waals surface area contributed by atoms with Crippen molar-refractivity contribution in [2.24, 2.45) is 0 Å². The van der Waals surface area contributed by atoms with E-state index in [0.717, 1.165) is 24.5 Å². The summed E-state index contributed by atoms with van der Waals surface area (Å²) in [5.41, 5.74) is 1.15. The maximum atomic E-state index is 11.1. The standard InChI is InChI=1S/C16H21NO3/c1-3-17(4-2)13-7-5-8-14(11-13)19-12-15-9-6-10-16(18)20-15/h5-8,10-11,15H,3-4,9,12H2,1-2H3/t15-/m1/s1. The lowest BCUT2D eigenvalue weighted by molar-refractivity contribution is -0.145. The van der Waals surface area contributed by atoms with E-state index in [1.807, 2.05) is 24.3 Å². The third kappa shape index (κ3) is 3.76. The van der Waals surface area contributed by atoms with Gasteiger partial charge in [-0.15, -0.1) is 0 Å². The quantitative estimate of drug-likeness (QED) is 0.748. The highest BCUT2D eigenvalue weighted by atomic mass is 16.6. The number of hydrogen-bond acceptors (Lipinski definition) is 4. The van der Waals surface area contributed by atoms with Crippen LogP contribution >= 0.6 is 0 Å². The van der Waals surface area contributed by atoms with Crippen LogP contribution in [-0.4, -0.2) is 31.8 Å². The first kappa shape index (κ1) is 14.4. The Morgan fingerprint density at radius 3 is 2.85 bits per heavy atom. The molecule has 0 saturated carbocycles. The van der Waals surface area contributed by atoms with Crippen molar-refractivity contribution in [3.63, 3.8) is 0 Å². The van der Waals surface area contributed by atoms with Gasteiger partial charge >= 0.3 is 5.97 Å². The van der Waals surface area contributed by atoms with Crippen LogP contribution in [0.25, 0.3) is 0 Å². The van der Waals surface area contributed by atoms with Gasteiger partial charge in [0.2, 0.25) is 0 Å². The van der Waals surface area contributed by atoms with Gasteiger partial charge in [-0.25, -0.2) is 4.79 Å². The molecule has 1 aromatic carbocycles. The molecule has 2 rings (SSSR count). The van der Waals surface area contributed by atoms with E-state index in [-0.39, 0.29) is 12.1 Å². The van der Waals surface area contributed by atoms with Crippen LogP contribution in [0.15, 0.2) is 36.4 Å². The molecule has 4 nitrogen and oxygen atoms in total. The number of anilines is 1. The molecule has 0 N–H and O–H groups in total. The van der Waals surface area contributed by atoms with Crippen LogP contribution in [0.2, 0.25) is 0 Å². The molecule has 1 heterocycles. The van der Waals surface area contributed by atoms with Gasteiger partial charge in [0.15, 0.2) is 0 Å². The first-order valence-corrected chi connectivity index (χ1v) is 7.08. The van der Waals surface area contributed by atoms with Gasteiger partial charge in [0.25, 0.3) is 0 Å². The minimum atomic E-state index is -0.290. The molecule has 108 valence electrons. The summed E-state index contributed by atoms with van der Waals surface area (Å²) in [6, 6.07) is 8.00. The lowest BCUT2D eigenvalue weighted by atomic mass is 10.2. The molecule has 4 heteroatoms. The lowest BCUT2D eigenvalue weighted by Gasteiger charge is -2.22. The number of carbonyl (C=O) groups excluding carboxylic acids is 1. The normalized spacial score (nSPS) is 17.7. The fourth-order valence-corrected chi connectivity index (χ4v) is 2.22. The van der Waals surface area contributed by atoms with Crippen LogP contribution in [0.3, 0.4) is 0 Å². The third-order valence-corrected chi connectivity index (χ3v) is 3.32. The number of nitrogens with zero attached hydrogens (tertiary/aromatic N) is 1. The molecule has 0 radical (unpaired) electrons. The van der Waals surface area contributed by atoms with Gasteiger partial charge in [-0.3, -0.25) is 0 Å². The zero-order valence-corrected chi connectivity index (χ0v) is 12.0. The van der Waals surface area contributed by atoms with E-state index in [4.69, 9.17) is 9.47 Å². The van der Waals surface area contributed by atoms with Crippen molar-refractivity contribution in [1.82, 2.24) is 0 Å². The maximum absolute atomic E-state index is 11.1. The maximum Gasteiger partial charge on any atom is 0.330 e. The van der Waals surface area contributed by atoms with E-state index >= 15 is 0 Å². The van der Waals surface area contributed by atoms with Crippen LogP contribution in [-0.2, 0) is 9.53 Å². The number of esters is 1. The van der Waals surface area contributed by atoms with Crippen molar-refractivity contribution in [3.05, 3.63) is 36.4 Å². The van der Waals surface area contributed by atoms with Gasteiger partial charge in [-0.05, 0) is 26.0 Å². The first-order valence-electron chi connectivity index (χ1n) is 7.08. The Balaban J connectivity index is 1.94. The van der Waals surface area contributed by atoms with E-state index in [9.17, 15) is 4.79 Å². The summed E-state index contributed by atoms with van der Waals surface area (Å²) in [4.78, 5) is 13.4. The molecule has 0 aliphatic carbocycles. The Kier molecular flexibility index (Phi) is 5.04. The largest absolute Gasteiger partial charge is 0.490 e. The zero-order chi connectivity index (χ0) is 14.4. The Hall–Kier alpha value is -1.97. The topological polar surface area (TPSA) is 38.8 Å². The van der Waals surface area contributed by atoms with Crippen LogP contribution in [0.4, 0.5) is 5.69 Å². The summed E-state index contributed by atoms with van der Waals surface area (Å²) in [6.07, 6.45) is 3.80. The molecule has 1 aliphatic heterocycles. The average Bonchev–Trinajstić information content (AvgIpc) is 2.47. The highest BCUT2D eigenvalue weighted by molar-refractivity contribution is 5.82. The Labute approximate surface area is 120 Å². The van der Waals surface area contributed by atoms with Gasteiger partial charge in [0.1, 0.15) is 18.5 Å². The van der Waals surface area contributed by atoms with Crippen molar-refractivity contribution in [2.75, 3.05) is 24.6 Å². The highest BCUT2D eigenvalue weighted by Gasteiger charge is 2.16. The molecule has 0 unspecified atom stereocenters. The van der Waals surface area contributed by atoms with E-state index in [1.54, 1.807) is 0 Å². The molecule has 0 saturated heterocycles. The molecule has 1 atom stereocenters. The van der Waals surface area contributed by atoms with Crippen molar-refractivity contribution < 1.29 is 14.3 Å². The number of benzene rings is 1. The number of carbonyl (C=O) groups is 1. The second-order valence-corrected chi connectivity index (χ2v) is 4.68. The molecule has 1 aliphatic rings. The number of cyclic esters (lactones) is 1. The predicted octanol–water partition coefficient (Wildman–Crippen LogP) is 2.78. The first-order chi connectivity index (χ1) is 9.72. The summed E-state index contributed by atoms with van der Waals surface area (Å²) in [6.45, 7) is 6.57. The van der Waals surface area contributed by atoms with Gasteiger partial charge in [-0.2, -0.15) is 0 Å². The highest BCUT2D eigenvalue weighted by Crippen LogP contribution is 2.21. The average molecular weight is 275 g/mol. The van der Waals surface area contributed by atoms with Crippen molar-refractivity contribution in [2.45, 2.75) is 26.4 Å². The van der Waals surface area contributed by atoms with Crippen molar-refractivity contribution in [1.29, 1.82) is 0 Å². The van der Waals surface area contributed by atoms with Crippen LogP contribution in [0, 0.1) is 0 Å². The second-order valence-electron chi connectivity index (χ2n) is 4.68. The molecule has 0 fully saturated rings. The third-order valence-electron chi connectivity index (χ3n) is 3.32. The van der Waals surface area contributed by atoms with Crippen molar-refractivity contribution >= 4 is 11.7 Å². The summed E-state index contributed by atoms with van der Waals surface area (Å²) >= 11 is 0. The molecule has 20 heavy (non-hydrogen) atoms. The van der Waals surface area contributed by atoms with E-state index in [0.29, 0.717) is 13.0 Å². The van der Waals surface area contributed by atoms with Gasteiger partial charge < -0.3 is 14.4 Å². The van der Waals surface area contributed by atoms with Gasteiger partial charge in [-0.1, -0.05) is 12.1 Å². The fraction of sp³-hybridized carbons (Fsp3) is 0.438.